The molecule has 4 rings (SSSR count). The Balaban J connectivity index is 1.95. The van der Waals surface area contributed by atoms with Gasteiger partial charge in [-0.15, -0.1) is 5.10 Å². The molecule has 0 amide bonds. The molecule has 0 saturated heterocycles. The summed E-state index contributed by atoms with van der Waals surface area (Å²) in [5.41, 5.74) is 1.04. The third kappa shape index (κ3) is 3.17. The van der Waals surface area contributed by atoms with Gasteiger partial charge in [-0.25, -0.2) is 13.1 Å². The van der Waals surface area contributed by atoms with Crippen molar-refractivity contribution in [2.24, 2.45) is 0 Å². The highest BCUT2D eigenvalue weighted by molar-refractivity contribution is 8.05. The molecule has 0 spiro atoms. The quantitative estimate of drug-likeness (QED) is 0.517. The number of sulfone groups is 1. The van der Waals surface area contributed by atoms with E-state index in [4.69, 9.17) is 0 Å². The van der Waals surface area contributed by atoms with Crippen molar-refractivity contribution in [3.8, 4) is 0 Å². The number of para-hydroxylation sites is 1. The van der Waals surface area contributed by atoms with E-state index in [0.29, 0.717) is 15.9 Å². The van der Waals surface area contributed by atoms with Crippen LogP contribution >= 0.6 is 0 Å². The summed E-state index contributed by atoms with van der Waals surface area (Å²) >= 11 is 0. The zero-order valence-electron chi connectivity index (χ0n) is 14.0. The van der Waals surface area contributed by atoms with Crippen LogP contribution in [0, 0.1) is 0 Å². The van der Waals surface area contributed by atoms with Gasteiger partial charge < -0.3 is 0 Å². The van der Waals surface area contributed by atoms with E-state index in [0.717, 1.165) is 0 Å². The van der Waals surface area contributed by atoms with Gasteiger partial charge in [-0.1, -0.05) is 53.7 Å². The smallest absolute Gasteiger partial charge is 0.238 e. The van der Waals surface area contributed by atoms with Crippen LogP contribution in [0.25, 0.3) is 11.0 Å². The normalized spacial score (nSPS) is 14.1. The Labute approximate surface area is 158 Å². The largest absolute Gasteiger partial charge is 0.251 e. The Kier molecular flexibility index (Phi) is 4.59. The Hall–Kier alpha value is -2.84. The molecule has 136 valence electrons. The highest BCUT2D eigenvalue weighted by Crippen LogP contribution is 2.32. The van der Waals surface area contributed by atoms with Crippen molar-refractivity contribution in [3.05, 3.63) is 84.9 Å². The van der Waals surface area contributed by atoms with E-state index in [-0.39, 0.29) is 4.90 Å². The van der Waals surface area contributed by atoms with Crippen LogP contribution in [-0.4, -0.2) is 27.6 Å². The molecule has 2 unspecified atom stereocenters. The lowest BCUT2D eigenvalue weighted by molar-refractivity contribution is 0.564. The van der Waals surface area contributed by atoms with Gasteiger partial charge >= 0.3 is 0 Å². The Bertz CT molecular complexity index is 1210. The lowest BCUT2D eigenvalue weighted by Crippen LogP contribution is -2.25. The monoisotopic (exact) mass is 397 g/mol. The summed E-state index contributed by atoms with van der Waals surface area (Å²) in [5, 5.41) is 8.07. The number of aromatic nitrogens is 3. The predicted molar refractivity (Wildman–Crippen MR) is 103 cm³/mol. The van der Waals surface area contributed by atoms with E-state index in [2.05, 4.69) is 10.3 Å². The van der Waals surface area contributed by atoms with E-state index in [9.17, 15) is 12.6 Å². The van der Waals surface area contributed by atoms with Gasteiger partial charge in [-0.05, 0) is 36.4 Å². The summed E-state index contributed by atoms with van der Waals surface area (Å²) in [5.74, 6) is 0. The maximum atomic E-state index is 13.4. The third-order valence-electron chi connectivity index (χ3n) is 4.07. The Morgan fingerprint density at radius 3 is 2.11 bits per heavy atom. The number of hydrogen-bond donors (Lipinski definition) is 0. The first-order chi connectivity index (χ1) is 13.1. The minimum Gasteiger partial charge on any atom is -0.251 e. The van der Waals surface area contributed by atoms with Crippen molar-refractivity contribution in [1.82, 2.24) is 15.0 Å². The summed E-state index contributed by atoms with van der Waals surface area (Å²) < 4.78 is 40.0. The Morgan fingerprint density at radius 1 is 0.815 bits per heavy atom. The first-order valence-electron chi connectivity index (χ1n) is 8.13. The van der Waals surface area contributed by atoms with E-state index in [1.807, 2.05) is 0 Å². The van der Waals surface area contributed by atoms with E-state index < -0.39 is 25.3 Å². The van der Waals surface area contributed by atoms with Crippen LogP contribution in [0.2, 0.25) is 0 Å². The van der Waals surface area contributed by atoms with Crippen LogP contribution in [0.3, 0.4) is 0 Å². The molecule has 6 nitrogen and oxygen atoms in total. The van der Waals surface area contributed by atoms with E-state index in [1.54, 1.807) is 72.8 Å². The molecule has 0 N–H and O–H groups in total. The SMILES string of the molecule is O=S(c1ccccc1)C(n1nnc2ccccc21)S(=O)(=O)c1ccccc1. The molecule has 0 bridgehead atoms. The van der Waals surface area contributed by atoms with Gasteiger partial charge in [0.1, 0.15) is 5.52 Å². The second-order valence-electron chi connectivity index (χ2n) is 5.80. The van der Waals surface area contributed by atoms with Crippen LogP contribution in [0.1, 0.15) is 4.71 Å². The summed E-state index contributed by atoms with van der Waals surface area (Å²) in [4.78, 5) is 0.487. The predicted octanol–water partition coefficient (Wildman–Crippen LogP) is 3.17. The number of hydrogen-bond acceptors (Lipinski definition) is 5. The van der Waals surface area contributed by atoms with E-state index >= 15 is 0 Å². The van der Waals surface area contributed by atoms with Gasteiger partial charge in [0.25, 0.3) is 0 Å². The molecule has 0 fully saturated rings. The lowest BCUT2D eigenvalue weighted by atomic mass is 10.3. The van der Waals surface area contributed by atoms with E-state index in [1.165, 1.54) is 16.8 Å². The molecule has 0 saturated carbocycles. The summed E-state index contributed by atoms with van der Waals surface area (Å²) in [6.07, 6.45) is 0. The van der Waals surface area contributed by atoms with Crippen LogP contribution in [0.4, 0.5) is 0 Å². The van der Waals surface area contributed by atoms with Gasteiger partial charge in [0.2, 0.25) is 14.5 Å². The molecular formula is C19H15N3O3S2. The fourth-order valence-electron chi connectivity index (χ4n) is 2.78. The molecule has 0 aliphatic rings. The average molecular weight is 397 g/mol. The second kappa shape index (κ2) is 7.05. The zero-order valence-corrected chi connectivity index (χ0v) is 15.7. The molecular weight excluding hydrogens is 382 g/mol. The first kappa shape index (κ1) is 17.6. The standard InChI is InChI=1S/C19H15N3O3S2/c23-26(15-9-3-1-4-10-15)19(27(24,25)16-11-5-2-6-12-16)22-18-14-8-7-13-17(18)20-21-22/h1-14,19H. The first-order valence-corrected chi connectivity index (χ1v) is 10.9. The molecule has 3 aromatic carbocycles. The van der Waals surface area contributed by atoms with Crippen LogP contribution in [0.5, 0.6) is 0 Å². The van der Waals surface area contributed by atoms with Gasteiger partial charge in [0.05, 0.1) is 21.2 Å². The minimum atomic E-state index is -4.00. The molecule has 4 aromatic rings. The molecule has 2 atom stereocenters. The van der Waals surface area contributed by atoms with Crippen molar-refractivity contribution in [3.63, 3.8) is 0 Å². The average Bonchev–Trinajstić information content (AvgIpc) is 3.13. The van der Waals surface area contributed by atoms with Crippen molar-refractivity contribution >= 4 is 31.7 Å². The number of nitrogens with zero attached hydrogens (tertiary/aromatic N) is 3. The number of fused-ring (bicyclic) bond motifs is 1. The molecule has 27 heavy (non-hydrogen) atoms. The number of rotatable bonds is 5. The van der Waals surface area contributed by atoms with Gasteiger partial charge in [0.15, 0.2) is 0 Å². The minimum absolute atomic E-state index is 0.0823. The van der Waals surface area contributed by atoms with Gasteiger partial charge in [-0.2, -0.15) is 0 Å². The topological polar surface area (TPSA) is 81.9 Å². The fourth-order valence-corrected chi connectivity index (χ4v) is 6.55. The van der Waals surface area contributed by atoms with Crippen molar-refractivity contribution < 1.29 is 12.6 Å². The van der Waals surface area contributed by atoms with Crippen LogP contribution in [-0.2, 0) is 20.6 Å². The maximum Gasteiger partial charge on any atom is 0.238 e. The molecule has 0 aliphatic heterocycles. The van der Waals surface area contributed by atoms with Gasteiger partial charge in [-0.3, -0.25) is 4.21 Å². The van der Waals surface area contributed by atoms with Gasteiger partial charge in [0, 0.05) is 4.90 Å². The third-order valence-corrected chi connectivity index (χ3v) is 8.32. The molecule has 0 radical (unpaired) electrons. The highest BCUT2D eigenvalue weighted by Gasteiger charge is 2.37. The molecule has 0 aliphatic carbocycles. The molecule has 1 heterocycles. The maximum absolute atomic E-state index is 13.4. The van der Waals surface area contributed by atoms with Crippen molar-refractivity contribution in [2.75, 3.05) is 0 Å². The summed E-state index contributed by atoms with van der Waals surface area (Å²) in [6.45, 7) is 0. The lowest BCUT2D eigenvalue weighted by Gasteiger charge is -2.18. The highest BCUT2D eigenvalue weighted by atomic mass is 32.3. The number of benzene rings is 3. The zero-order chi connectivity index (χ0) is 18.9. The Morgan fingerprint density at radius 2 is 1.41 bits per heavy atom. The summed E-state index contributed by atoms with van der Waals surface area (Å²) in [7, 11) is -5.91. The van der Waals surface area contributed by atoms with Crippen LogP contribution in [0.15, 0.2) is 94.7 Å². The molecule has 8 heteroatoms. The second-order valence-corrected chi connectivity index (χ2v) is 9.62. The van der Waals surface area contributed by atoms with Crippen LogP contribution < -0.4 is 0 Å². The molecule has 1 aromatic heterocycles. The summed E-state index contributed by atoms with van der Waals surface area (Å²) in [6, 6.07) is 23.5. The van der Waals surface area contributed by atoms with Crippen molar-refractivity contribution in [1.29, 1.82) is 0 Å². The fraction of sp³-hybridized carbons (Fsp3) is 0.0526. The van der Waals surface area contributed by atoms with Crippen molar-refractivity contribution in [2.45, 2.75) is 14.5 Å².